The van der Waals surface area contributed by atoms with Crippen LogP contribution in [-0.4, -0.2) is 45.0 Å². The van der Waals surface area contributed by atoms with E-state index < -0.39 is 6.10 Å². The molecule has 1 atom stereocenters. The smallest absolute Gasteiger partial charge is 0.286 e. The van der Waals surface area contributed by atoms with Crippen molar-refractivity contribution in [3.05, 3.63) is 68.2 Å². The number of aliphatic hydroxyl groups is 1. The van der Waals surface area contributed by atoms with Crippen LogP contribution < -0.4 is 5.43 Å². The summed E-state index contributed by atoms with van der Waals surface area (Å²) in [5.41, 5.74) is 6.35. The zero-order valence-electron chi connectivity index (χ0n) is 16.8. The van der Waals surface area contributed by atoms with Gasteiger partial charge in [-0.15, -0.1) is 0 Å². The van der Waals surface area contributed by atoms with Crippen molar-refractivity contribution in [1.82, 2.24) is 20.2 Å². The van der Waals surface area contributed by atoms with Crippen LogP contribution in [0.2, 0.25) is 10.0 Å². The third-order valence-electron chi connectivity index (χ3n) is 5.23. The molecular formula is C22H21BrCl2N4O2. The van der Waals surface area contributed by atoms with Crippen LogP contribution in [0.1, 0.15) is 29.4 Å². The number of carbonyl (C=O) groups is 1. The molecule has 9 heteroatoms. The highest BCUT2D eigenvalue weighted by atomic mass is 79.9. The Bertz CT molecular complexity index is 1120. The fourth-order valence-corrected chi connectivity index (χ4v) is 4.49. The molecule has 0 spiro atoms. The van der Waals surface area contributed by atoms with Gasteiger partial charge in [0.1, 0.15) is 0 Å². The highest BCUT2D eigenvalue weighted by Crippen LogP contribution is 2.34. The van der Waals surface area contributed by atoms with Gasteiger partial charge >= 0.3 is 0 Å². The SMILES string of the molecule is CCc1c(C(=O)NN2CC[C@H](O)C2)nn(-c2ccc(Cl)cc2Cl)c1-c1ccc(Br)cc1. The number of hydrogen-bond acceptors (Lipinski definition) is 4. The lowest BCUT2D eigenvalue weighted by Gasteiger charge is -2.15. The molecule has 4 rings (SSSR count). The van der Waals surface area contributed by atoms with Crippen molar-refractivity contribution in [3.8, 4) is 16.9 Å². The molecule has 0 saturated carbocycles. The van der Waals surface area contributed by atoms with Crippen LogP contribution >= 0.6 is 39.1 Å². The van der Waals surface area contributed by atoms with E-state index in [4.69, 9.17) is 23.2 Å². The zero-order valence-corrected chi connectivity index (χ0v) is 19.9. The van der Waals surface area contributed by atoms with Crippen molar-refractivity contribution < 1.29 is 9.90 Å². The van der Waals surface area contributed by atoms with Crippen LogP contribution in [0.3, 0.4) is 0 Å². The van der Waals surface area contributed by atoms with Crippen LogP contribution in [0.5, 0.6) is 0 Å². The number of rotatable bonds is 5. The van der Waals surface area contributed by atoms with E-state index in [2.05, 4.69) is 26.5 Å². The van der Waals surface area contributed by atoms with Gasteiger partial charge in [0.25, 0.3) is 5.91 Å². The topological polar surface area (TPSA) is 70.4 Å². The van der Waals surface area contributed by atoms with Crippen LogP contribution in [0.4, 0.5) is 0 Å². The largest absolute Gasteiger partial charge is 0.392 e. The van der Waals surface area contributed by atoms with Crippen molar-refractivity contribution in [3.63, 3.8) is 0 Å². The van der Waals surface area contributed by atoms with E-state index >= 15 is 0 Å². The standard InChI is InChI=1S/C22H21BrCl2N4O2/c1-2-17-20(22(31)27-28-10-9-16(30)12-28)26-29(19-8-7-15(24)11-18(19)25)21(17)13-3-5-14(23)6-4-13/h3-8,11,16,30H,2,9-10,12H2,1H3,(H,27,31)/t16-/m0/s1. The number of hydrogen-bond donors (Lipinski definition) is 2. The van der Waals surface area contributed by atoms with Gasteiger partial charge in [-0.3, -0.25) is 10.2 Å². The van der Waals surface area contributed by atoms with Crippen LogP contribution in [0, 0.1) is 0 Å². The molecule has 0 aliphatic carbocycles. The van der Waals surface area contributed by atoms with Gasteiger partial charge in [0.05, 0.1) is 22.5 Å². The number of nitrogens with one attached hydrogen (secondary N) is 1. The van der Waals surface area contributed by atoms with E-state index in [0.717, 1.165) is 21.3 Å². The Morgan fingerprint density at radius 3 is 2.61 bits per heavy atom. The summed E-state index contributed by atoms with van der Waals surface area (Å²) in [7, 11) is 0. The predicted octanol–water partition coefficient (Wildman–Crippen LogP) is 4.88. The van der Waals surface area contributed by atoms with Crippen LogP contribution in [0.25, 0.3) is 16.9 Å². The Morgan fingerprint density at radius 1 is 1.26 bits per heavy atom. The van der Waals surface area contributed by atoms with Crippen molar-refractivity contribution >= 4 is 45.0 Å². The number of amides is 1. The Morgan fingerprint density at radius 2 is 2.00 bits per heavy atom. The van der Waals surface area contributed by atoms with Gasteiger partial charge in [0.15, 0.2) is 5.69 Å². The summed E-state index contributed by atoms with van der Waals surface area (Å²) in [4.78, 5) is 13.1. The number of nitrogens with zero attached hydrogens (tertiary/aromatic N) is 3. The molecule has 0 unspecified atom stereocenters. The highest BCUT2D eigenvalue weighted by Gasteiger charge is 2.28. The van der Waals surface area contributed by atoms with Crippen molar-refractivity contribution in [2.24, 2.45) is 0 Å². The first-order chi connectivity index (χ1) is 14.9. The Labute approximate surface area is 198 Å². The molecule has 6 nitrogen and oxygen atoms in total. The van der Waals surface area contributed by atoms with E-state index in [1.54, 1.807) is 27.9 Å². The lowest BCUT2D eigenvalue weighted by atomic mass is 10.0. The average molecular weight is 524 g/mol. The molecule has 1 fully saturated rings. The van der Waals surface area contributed by atoms with Gasteiger partial charge in [-0.2, -0.15) is 5.10 Å². The minimum atomic E-state index is -0.435. The first-order valence-electron chi connectivity index (χ1n) is 9.94. The van der Waals surface area contributed by atoms with E-state index in [-0.39, 0.29) is 5.91 Å². The van der Waals surface area contributed by atoms with Crippen molar-refractivity contribution in [2.45, 2.75) is 25.9 Å². The van der Waals surface area contributed by atoms with Gasteiger partial charge in [0, 0.05) is 33.7 Å². The van der Waals surface area contributed by atoms with Gasteiger partial charge in [0.2, 0.25) is 0 Å². The number of aliphatic hydroxyl groups excluding tert-OH is 1. The van der Waals surface area contributed by atoms with Gasteiger partial charge in [-0.05, 0) is 43.2 Å². The Hall–Kier alpha value is -1.90. The monoisotopic (exact) mass is 522 g/mol. The summed E-state index contributed by atoms with van der Waals surface area (Å²) in [5.74, 6) is -0.312. The molecule has 162 valence electrons. The fraction of sp³-hybridized carbons (Fsp3) is 0.273. The third kappa shape index (κ3) is 4.66. The quantitative estimate of drug-likeness (QED) is 0.500. The number of halogens is 3. The number of benzene rings is 2. The fourth-order valence-electron chi connectivity index (χ4n) is 3.74. The summed E-state index contributed by atoms with van der Waals surface area (Å²) in [5, 5.41) is 17.1. The molecule has 3 aromatic rings. The number of aromatic nitrogens is 2. The summed E-state index contributed by atoms with van der Waals surface area (Å²) in [6, 6.07) is 13.0. The average Bonchev–Trinajstić information content (AvgIpc) is 3.32. The highest BCUT2D eigenvalue weighted by molar-refractivity contribution is 9.10. The molecule has 0 bridgehead atoms. The maximum absolute atomic E-state index is 13.1. The Kier molecular flexibility index (Phi) is 6.69. The normalized spacial score (nSPS) is 16.6. The third-order valence-corrected chi connectivity index (χ3v) is 6.30. The molecule has 1 aromatic heterocycles. The predicted molar refractivity (Wildman–Crippen MR) is 126 cm³/mol. The van der Waals surface area contributed by atoms with E-state index in [1.807, 2.05) is 31.2 Å². The molecule has 2 N–H and O–H groups in total. The minimum Gasteiger partial charge on any atom is -0.392 e. The van der Waals surface area contributed by atoms with Gasteiger partial charge in [-0.25, -0.2) is 9.69 Å². The van der Waals surface area contributed by atoms with E-state index in [1.165, 1.54) is 0 Å². The van der Waals surface area contributed by atoms with E-state index in [9.17, 15) is 9.90 Å². The molecule has 1 amide bonds. The maximum Gasteiger partial charge on any atom is 0.286 e. The lowest BCUT2D eigenvalue weighted by Crippen LogP contribution is -2.41. The molecular weight excluding hydrogens is 503 g/mol. The second-order valence-electron chi connectivity index (χ2n) is 7.37. The van der Waals surface area contributed by atoms with Gasteiger partial charge < -0.3 is 5.11 Å². The molecule has 1 aliphatic heterocycles. The zero-order chi connectivity index (χ0) is 22.1. The molecule has 0 radical (unpaired) electrons. The minimum absolute atomic E-state index is 0.312. The maximum atomic E-state index is 13.1. The number of hydrazine groups is 1. The number of carbonyl (C=O) groups excluding carboxylic acids is 1. The van der Waals surface area contributed by atoms with Crippen molar-refractivity contribution in [2.75, 3.05) is 13.1 Å². The molecule has 2 aromatic carbocycles. The second-order valence-corrected chi connectivity index (χ2v) is 9.13. The molecule has 1 saturated heterocycles. The number of β-amino-alcohol motifs (C(OH)–C–C–N with tert-alkyl or cyclic N) is 1. The molecule has 2 heterocycles. The summed E-state index contributed by atoms with van der Waals surface area (Å²) in [6.45, 7) is 2.98. The summed E-state index contributed by atoms with van der Waals surface area (Å²) < 4.78 is 2.66. The van der Waals surface area contributed by atoms with Gasteiger partial charge in [-0.1, -0.05) is 58.2 Å². The van der Waals surface area contributed by atoms with Crippen molar-refractivity contribution in [1.29, 1.82) is 0 Å². The first-order valence-corrected chi connectivity index (χ1v) is 11.5. The van der Waals surface area contributed by atoms with E-state index in [0.29, 0.717) is 47.4 Å². The second kappa shape index (κ2) is 9.30. The molecule has 1 aliphatic rings. The Balaban J connectivity index is 1.84. The summed E-state index contributed by atoms with van der Waals surface area (Å²) in [6.07, 6.45) is 0.789. The molecule has 31 heavy (non-hydrogen) atoms. The van der Waals surface area contributed by atoms with Crippen LogP contribution in [0.15, 0.2) is 46.9 Å². The summed E-state index contributed by atoms with van der Waals surface area (Å²) >= 11 is 16.1. The first kappa shape index (κ1) is 22.3. The lowest BCUT2D eigenvalue weighted by molar-refractivity contribution is 0.0794. The van der Waals surface area contributed by atoms with Crippen LogP contribution in [-0.2, 0) is 6.42 Å².